The van der Waals surface area contributed by atoms with Gasteiger partial charge in [0.1, 0.15) is 0 Å². The van der Waals surface area contributed by atoms with Crippen molar-refractivity contribution in [2.24, 2.45) is 0 Å². The van der Waals surface area contributed by atoms with Crippen molar-refractivity contribution < 1.29 is 9.59 Å². The van der Waals surface area contributed by atoms with E-state index < -0.39 is 0 Å². The Balaban J connectivity index is 1.91. The van der Waals surface area contributed by atoms with Crippen molar-refractivity contribution in [3.63, 3.8) is 0 Å². The minimum absolute atomic E-state index is 0.227. The molecule has 0 bridgehead atoms. The zero-order chi connectivity index (χ0) is 13.2. The number of piperidine rings is 1. The number of carbonyl (C=O) groups is 2. The molecule has 3 heteroatoms. The Labute approximate surface area is 111 Å². The third-order valence-electron chi connectivity index (χ3n) is 3.25. The van der Waals surface area contributed by atoms with E-state index in [9.17, 15) is 9.59 Å². The third kappa shape index (κ3) is 2.40. The second-order valence-electron chi connectivity index (χ2n) is 4.68. The molecule has 0 radical (unpaired) electrons. The van der Waals surface area contributed by atoms with E-state index in [4.69, 9.17) is 0 Å². The molecule has 3 rings (SSSR count). The topological polar surface area (TPSA) is 46.2 Å². The van der Waals surface area contributed by atoms with Crippen LogP contribution in [0.5, 0.6) is 0 Å². The van der Waals surface area contributed by atoms with Crippen molar-refractivity contribution in [1.82, 2.24) is 5.32 Å². The van der Waals surface area contributed by atoms with E-state index in [1.165, 1.54) is 0 Å². The summed E-state index contributed by atoms with van der Waals surface area (Å²) < 4.78 is 0. The first-order chi connectivity index (χ1) is 9.22. The van der Waals surface area contributed by atoms with E-state index in [0.717, 1.165) is 23.1 Å². The smallest absolute Gasteiger partial charge is 0.257 e. The molecule has 1 aromatic carbocycles. The summed E-state index contributed by atoms with van der Waals surface area (Å²) in [5, 5.41) is 2.34. The molecule has 94 valence electrons. The number of hydrogen-bond acceptors (Lipinski definition) is 2. The van der Waals surface area contributed by atoms with Crippen molar-refractivity contribution in [3.8, 4) is 0 Å². The van der Waals surface area contributed by atoms with Gasteiger partial charge in [-0.2, -0.15) is 0 Å². The highest BCUT2D eigenvalue weighted by molar-refractivity contribution is 6.12. The van der Waals surface area contributed by atoms with Crippen LogP contribution < -0.4 is 5.32 Å². The van der Waals surface area contributed by atoms with Crippen molar-refractivity contribution in [1.29, 1.82) is 0 Å². The summed E-state index contributed by atoms with van der Waals surface area (Å²) in [6.45, 7) is 0. The van der Waals surface area contributed by atoms with Gasteiger partial charge in [-0.3, -0.25) is 14.9 Å². The van der Waals surface area contributed by atoms with Gasteiger partial charge in [0.15, 0.2) is 0 Å². The van der Waals surface area contributed by atoms with Gasteiger partial charge in [-0.1, -0.05) is 48.6 Å². The number of carbonyl (C=O) groups excluding carboxylic acids is 2. The molecular formula is C16H13NO2. The van der Waals surface area contributed by atoms with E-state index in [-0.39, 0.29) is 18.2 Å². The molecule has 0 unspecified atom stereocenters. The largest absolute Gasteiger partial charge is 0.292 e. The number of allylic oxidation sites excluding steroid dienone is 3. The first kappa shape index (κ1) is 11.7. The molecule has 0 aromatic heterocycles. The van der Waals surface area contributed by atoms with Crippen molar-refractivity contribution in [3.05, 3.63) is 64.8 Å². The van der Waals surface area contributed by atoms with Gasteiger partial charge in [-0.15, -0.1) is 0 Å². The van der Waals surface area contributed by atoms with E-state index >= 15 is 0 Å². The van der Waals surface area contributed by atoms with Crippen molar-refractivity contribution >= 4 is 17.9 Å². The Morgan fingerprint density at radius 2 is 1.89 bits per heavy atom. The highest BCUT2D eigenvalue weighted by Crippen LogP contribution is 2.28. The number of amides is 2. The molecule has 19 heavy (non-hydrogen) atoms. The van der Waals surface area contributed by atoms with Crippen LogP contribution in [0.1, 0.15) is 18.4 Å². The van der Waals surface area contributed by atoms with E-state index in [2.05, 4.69) is 11.4 Å². The molecule has 1 aliphatic heterocycles. The van der Waals surface area contributed by atoms with Gasteiger partial charge < -0.3 is 0 Å². The molecule has 0 saturated carbocycles. The molecule has 2 aliphatic rings. The van der Waals surface area contributed by atoms with Gasteiger partial charge in [0.25, 0.3) is 5.91 Å². The summed E-state index contributed by atoms with van der Waals surface area (Å²) in [6, 6.07) is 10.0. The standard InChI is InChI=1S/C16H13NO2/c18-15-10-13-9-12(6-7-14(13)16(19)17-15)8-11-4-2-1-3-5-11/h1-5,7-9H,6,10H2,(H,17,18,19). The third-order valence-corrected chi connectivity index (χ3v) is 3.25. The first-order valence-electron chi connectivity index (χ1n) is 6.23. The summed E-state index contributed by atoms with van der Waals surface area (Å²) in [6.07, 6.45) is 6.93. The lowest BCUT2D eigenvalue weighted by molar-refractivity contribution is -0.129. The number of fused-ring (bicyclic) bond motifs is 1. The number of benzene rings is 1. The molecule has 0 atom stereocenters. The maximum absolute atomic E-state index is 11.6. The average molecular weight is 251 g/mol. The molecule has 3 nitrogen and oxygen atoms in total. The summed E-state index contributed by atoms with van der Waals surface area (Å²) in [4.78, 5) is 23.0. The highest BCUT2D eigenvalue weighted by atomic mass is 16.2. The highest BCUT2D eigenvalue weighted by Gasteiger charge is 2.26. The molecule has 1 aliphatic carbocycles. The number of nitrogens with one attached hydrogen (secondary N) is 1. The van der Waals surface area contributed by atoms with Crippen LogP contribution in [-0.2, 0) is 9.59 Å². The molecule has 2 amide bonds. The Morgan fingerprint density at radius 1 is 1.11 bits per heavy atom. The molecular weight excluding hydrogens is 238 g/mol. The average Bonchev–Trinajstić information content (AvgIpc) is 2.39. The minimum Gasteiger partial charge on any atom is -0.292 e. The fourth-order valence-corrected chi connectivity index (χ4v) is 2.37. The molecule has 1 fully saturated rings. The summed E-state index contributed by atoms with van der Waals surface area (Å²) >= 11 is 0. The first-order valence-corrected chi connectivity index (χ1v) is 6.23. The SMILES string of the molecule is O=C1CC2=CC(=Cc3ccccc3)CC=C2C(=O)N1. The number of imide groups is 1. The summed E-state index contributed by atoms with van der Waals surface area (Å²) in [7, 11) is 0. The van der Waals surface area contributed by atoms with Crippen LogP contribution in [0, 0.1) is 0 Å². The lowest BCUT2D eigenvalue weighted by Gasteiger charge is -2.21. The fraction of sp³-hybridized carbons (Fsp3) is 0.125. The molecule has 1 aromatic rings. The normalized spacial score (nSPS) is 20.5. The predicted octanol–water partition coefficient (Wildman–Crippen LogP) is 2.37. The zero-order valence-corrected chi connectivity index (χ0v) is 10.3. The van der Waals surface area contributed by atoms with Gasteiger partial charge in [-0.25, -0.2) is 0 Å². The Hall–Kier alpha value is -2.42. The van der Waals surface area contributed by atoms with Crippen LogP contribution in [0.15, 0.2) is 59.2 Å². The molecule has 1 N–H and O–H groups in total. The van der Waals surface area contributed by atoms with Crippen LogP contribution in [0.2, 0.25) is 0 Å². The second kappa shape index (κ2) is 4.69. The maximum Gasteiger partial charge on any atom is 0.257 e. The second-order valence-corrected chi connectivity index (χ2v) is 4.68. The van der Waals surface area contributed by atoms with Gasteiger partial charge in [0, 0.05) is 5.57 Å². The van der Waals surface area contributed by atoms with Crippen molar-refractivity contribution in [2.45, 2.75) is 12.8 Å². The van der Waals surface area contributed by atoms with Gasteiger partial charge in [0.05, 0.1) is 6.42 Å². The van der Waals surface area contributed by atoms with Crippen LogP contribution in [0.3, 0.4) is 0 Å². The number of hydrogen-bond donors (Lipinski definition) is 1. The van der Waals surface area contributed by atoms with Gasteiger partial charge in [-0.05, 0) is 23.1 Å². The minimum atomic E-state index is -0.277. The fourth-order valence-electron chi connectivity index (χ4n) is 2.37. The Morgan fingerprint density at radius 3 is 2.68 bits per heavy atom. The van der Waals surface area contributed by atoms with Gasteiger partial charge >= 0.3 is 0 Å². The lowest BCUT2D eigenvalue weighted by Crippen LogP contribution is -2.37. The maximum atomic E-state index is 11.6. The lowest BCUT2D eigenvalue weighted by atomic mass is 9.88. The molecule has 1 saturated heterocycles. The van der Waals surface area contributed by atoms with Crippen LogP contribution in [-0.4, -0.2) is 11.8 Å². The van der Waals surface area contributed by atoms with Crippen LogP contribution >= 0.6 is 0 Å². The van der Waals surface area contributed by atoms with E-state index in [1.807, 2.05) is 42.5 Å². The Kier molecular flexibility index (Phi) is 2.88. The van der Waals surface area contributed by atoms with Crippen LogP contribution in [0.25, 0.3) is 6.08 Å². The molecule has 1 heterocycles. The monoisotopic (exact) mass is 251 g/mol. The van der Waals surface area contributed by atoms with Gasteiger partial charge in [0.2, 0.25) is 5.91 Å². The van der Waals surface area contributed by atoms with Crippen molar-refractivity contribution in [2.75, 3.05) is 0 Å². The quantitative estimate of drug-likeness (QED) is 0.779. The predicted molar refractivity (Wildman–Crippen MR) is 73.0 cm³/mol. The summed E-state index contributed by atoms with van der Waals surface area (Å²) in [5.41, 5.74) is 3.71. The van der Waals surface area contributed by atoms with E-state index in [0.29, 0.717) is 5.57 Å². The van der Waals surface area contributed by atoms with Crippen LogP contribution in [0.4, 0.5) is 0 Å². The zero-order valence-electron chi connectivity index (χ0n) is 10.3. The number of rotatable bonds is 1. The Bertz CT molecular complexity index is 636. The molecule has 0 spiro atoms. The van der Waals surface area contributed by atoms with E-state index in [1.54, 1.807) is 0 Å². The summed E-state index contributed by atoms with van der Waals surface area (Å²) in [5.74, 6) is -0.504.